The second-order valence-electron chi connectivity index (χ2n) is 4.38. The normalized spacial score (nSPS) is 12.6. The van der Waals surface area contributed by atoms with Gasteiger partial charge in [0.15, 0.2) is 5.82 Å². The van der Waals surface area contributed by atoms with Crippen LogP contribution in [0.2, 0.25) is 10.0 Å². The lowest BCUT2D eigenvalue weighted by Crippen LogP contribution is -2.23. The van der Waals surface area contributed by atoms with E-state index in [-0.39, 0.29) is 6.04 Å². The van der Waals surface area contributed by atoms with Crippen LogP contribution >= 0.6 is 23.2 Å². The van der Waals surface area contributed by atoms with Crippen LogP contribution < -0.4 is 5.32 Å². The molecule has 1 heterocycles. The number of halogens is 2. The minimum absolute atomic E-state index is 0.289. The third-order valence-electron chi connectivity index (χ3n) is 2.88. The Morgan fingerprint density at radius 2 is 2.00 bits per heavy atom. The van der Waals surface area contributed by atoms with E-state index in [1.54, 1.807) is 12.1 Å². The second-order valence-corrected chi connectivity index (χ2v) is 5.19. The topological polar surface area (TPSA) is 51.0 Å². The van der Waals surface area contributed by atoms with Gasteiger partial charge >= 0.3 is 0 Å². The molecule has 0 amide bonds. The van der Waals surface area contributed by atoms with Crippen LogP contribution in [0, 0.1) is 0 Å². The highest BCUT2D eigenvalue weighted by Crippen LogP contribution is 2.26. The molecule has 0 saturated carbocycles. The molecule has 0 spiro atoms. The van der Waals surface area contributed by atoms with Gasteiger partial charge in [-0.1, -0.05) is 34.4 Å². The van der Waals surface area contributed by atoms with Crippen LogP contribution in [0.3, 0.4) is 0 Å². The molecule has 0 fully saturated rings. The van der Waals surface area contributed by atoms with E-state index in [0.29, 0.717) is 34.6 Å². The Morgan fingerprint density at radius 3 is 2.63 bits per heavy atom. The fourth-order valence-corrected chi connectivity index (χ4v) is 2.20. The zero-order chi connectivity index (χ0) is 13.8. The standard InChI is InChI=1S/C13H15Cl2N3O/c1-8(16-2)6-13-17-12(18-19-13)7-9-10(14)4-3-5-11(9)15/h3-5,8,16H,6-7H2,1-2H3. The number of aromatic nitrogens is 2. The van der Waals surface area contributed by atoms with Crippen LogP contribution in [-0.4, -0.2) is 23.2 Å². The first-order valence-electron chi connectivity index (χ1n) is 6.01. The highest BCUT2D eigenvalue weighted by molar-refractivity contribution is 6.36. The molecule has 1 aromatic carbocycles. The molecule has 1 atom stereocenters. The summed E-state index contributed by atoms with van der Waals surface area (Å²) in [6.45, 7) is 2.05. The molecule has 0 aliphatic heterocycles. The van der Waals surface area contributed by atoms with Gasteiger partial charge in [-0.15, -0.1) is 0 Å². The van der Waals surface area contributed by atoms with Crippen LogP contribution in [-0.2, 0) is 12.8 Å². The molecule has 1 unspecified atom stereocenters. The summed E-state index contributed by atoms with van der Waals surface area (Å²) in [6, 6.07) is 5.70. The summed E-state index contributed by atoms with van der Waals surface area (Å²) in [4.78, 5) is 4.34. The van der Waals surface area contributed by atoms with Crippen molar-refractivity contribution in [1.82, 2.24) is 15.5 Å². The first-order chi connectivity index (χ1) is 9.10. The third-order valence-corrected chi connectivity index (χ3v) is 3.59. The molecule has 4 nitrogen and oxygen atoms in total. The van der Waals surface area contributed by atoms with E-state index < -0.39 is 0 Å². The summed E-state index contributed by atoms with van der Waals surface area (Å²) in [5.74, 6) is 1.20. The molecular weight excluding hydrogens is 285 g/mol. The first kappa shape index (κ1) is 14.3. The van der Waals surface area contributed by atoms with Crippen molar-refractivity contribution in [2.75, 3.05) is 7.05 Å². The number of likely N-dealkylation sites (N-methyl/N-ethyl adjacent to an activating group) is 1. The van der Waals surface area contributed by atoms with E-state index in [9.17, 15) is 0 Å². The maximum absolute atomic E-state index is 6.11. The van der Waals surface area contributed by atoms with Gasteiger partial charge in [-0.05, 0) is 31.7 Å². The lowest BCUT2D eigenvalue weighted by atomic mass is 10.1. The average molecular weight is 300 g/mol. The average Bonchev–Trinajstić information content (AvgIpc) is 2.81. The SMILES string of the molecule is CNC(C)Cc1nc(Cc2c(Cl)cccc2Cl)no1. The van der Waals surface area contributed by atoms with Crippen molar-refractivity contribution in [2.24, 2.45) is 0 Å². The van der Waals surface area contributed by atoms with E-state index in [2.05, 4.69) is 22.4 Å². The highest BCUT2D eigenvalue weighted by atomic mass is 35.5. The van der Waals surface area contributed by atoms with Gasteiger partial charge in [0, 0.05) is 28.9 Å². The van der Waals surface area contributed by atoms with Crippen molar-refractivity contribution in [3.63, 3.8) is 0 Å². The van der Waals surface area contributed by atoms with Gasteiger partial charge < -0.3 is 9.84 Å². The number of nitrogens with one attached hydrogen (secondary N) is 1. The molecule has 102 valence electrons. The summed E-state index contributed by atoms with van der Waals surface area (Å²) in [6.07, 6.45) is 1.16. The number of benzene rings is 1. The Labute approximate surface area is 122 Å². The Bertz CT molecular complexity index is 536. The third kappa shape index (κ3) is 3.69. The Kier molecular flexibility index (Phi) is 4.80. The minimum atomic E-state index is 0.289. The summed E-state index contributed by atoms with van der Waals surface area (Å²) < 4.78 is 5.20. The minimum Gasteiger partial charge on any atom is -0.339 e. The number of hydrogen-bond acceptors (Lipinski definition) is 4. The van der Waals surface area contributed by atoms with Crippen LogP contribution in [0.25, 0.3) is 0 Å². The molecule has 0 bridgehead atoms. The number of rotatable bonds is 5. The van der Waals surface area contributed by atoms with E-state index in [4.69, 9.17) is 27.7 Å². The van der Waals surface area contributed by atoms with Crippen molar-refractivity contribution >= 4 is 23.2 Å². The fraction of sp³-hybridized carbons (Fsp3) is 0.385. The van der Waals surface area contributed by atoms with Crippen molar-refractivity contribution in [3.8, 4) is 0 Å². The number of nitrogens with zero attached hydrogens (tertiary/aromatic N) is 2. The molecule has 0 aliphatic carbocycles. The second kappa shape index (κ2) is 6.37. The van der Waals surface area contributed by atoms with Crippen molar-refractivity contribution in [3.05, 3.63) is 45.5 Å². The zero-order valence-electron chi connectivity index (χ0n) is 10.8. The molecule has 0 aliphatic rings. The predicted molar refractivity (Wildman–Crippen MR) is 75.8 cm³/mol. The van der Waals surface area contributed by atoms with Gasteiger partial charge in [0.1, 0.15) is 0 Å². The zero-order valence-corrected chi connectivity index (χ0v) is 12.3. The Hall–Kier alpha value is -1.10. The largest absolute Gasteiger partial charge is 0.339 e. The van der Waals surface area contributed by atoms with E-state index in [1.165, 1.54) is 0 Å². The van der Waals surface area contributed by atoms with Gasteiger partial charge in [0.25, 0.3) is 0 Å². The first-order valence-corrected chi connectivity index (χ1v) is 6.77. The molecule has 6 heteroatoms. The van der Waals surface area contributed by atoms with E-state index in [1.807, 2.05) is 13.1 Å². The summed E-state index contributed by atoms with van der Waals surface area (Å²) in [7, 11) is 1.89. The quantitative estimate of drug-likeness (QED) is 0.921. The monoisotopic (exact) mass is 299 g/mol. The van der Waals surface area contributed by atoms with Crippen molar-refractivity contribution < 1.29 is 4.52 Å². The van der Waals surface area contributed by atoms with E-state index >= 15 is 0 Å². The van der Waals surface area contributed by atoms with Gasteiger partial charge in [-0.2, -0.15) is 4.98 Å². The molecule has 0 radical (unpaired) electrons. The Balaban J connectivity index is 2.12. The molecule has 1 N–H and O–H groups in total. The lowest BCUT2D eigenvalue weighted by Gasteiger charge is -2.04. The Morgan fingerprint density at radius 1 is 1.32 bits per heavy atom. The van der Waals surface area contributed by atoms with Crippen LogP contribution in [0.1, 0.15) is 24.2 Å². The highest BCUT2D eigenvalue weighted by Gasteiger charge is 2.13. The van der Waals surface area contributed by atoms with Crippen LogP contribution in [0.4, 0.5) is 0 Å². The fourth-order valence-electron chi connectivity index (χ4n) is 1.67. The summed E-state index contributed by atoms with van der Waals surface area (Å²) in [5.41, 5.74) is 0.819. The molecule has 0 saturated heterocycles. The molecule has 19 heavy (non-hydrogen) atoms. The number of hydrogen-bond donors (Lipinski definition) is 1. The summed E-state index contributed by atoms with van der Waals surface area (Å²) >= 11 is 12.2. The van der Waals surface area contributed by atoms with Gasteiger partial charge in [0.05, 0.1) is 0 Å². The van der Waals surface area contributed by atoms with Crippen LogP contribution in [0.15, 0.2) is 22.7 Å². The van der Waals surface area contributed by atoms with Crippen molar-refractivity contribution in [2.45, 2.75) is 25.8 Å². The molecule has 1 aromatic heterocycles. The van der Waals surface area contributed by atoms with Crippen molar-refractivity contribution in [1.29, 1.82) is 0 Å². The maximum atomic E-state index is 6.11. The molecule has 2 rings (SSSR count). The van der Waals surface area contributed by atoms with Crippen LogP contribution in [0.5, 0.6) is 0 Å². The smallest absolute Gasteiger partial charge is 0.228 e. The maximum Gasteiger partial charge on any atom is 0.228 e. The van der Waals surface area contributed by atoms with E-state index in [0.717, 1.165) is 5.56 Å². The molecule has 2 aromatic rings. The molecular formula is C13H15Cl2N3O. The van der Waals surface area contributed by atoms with Gasteiger partial charge in [0.2, 0.25) is 5.89 Å². The van der Waals surface area contributed by atoms with Gasteiger partial charge in [-0.3, -0.25) is 0 Å². The van der Waals surface area contributed by atoms with Gasteiger partial charge in [-0.25, -0.2) is 0 Å². The lowest BCUT2D eigenvalue weighted by molar-refractivity contribution is 0.361. The predicted octanol–water partition coefficient (Wildman–Crippen LogP) is 3.12. The summed E-state index contributed by atoms with van der Waals surface area (Å²) in [5, 5.41) is 8.30.